The van der Waals surface area contributed by atoms with Gasteiger partial charge in [-0.1, -0.05) is 6.92 Å². The van der Waals surface area contributed by atoms with E-state index in [1.807, 2.05) is 6.07 Å². The smallest absolute Gasteiger partial charge is 0.191 e. The van der Waals surface area contributed by atoms with Crippen LogP contribution in [0.15, 0.2) is 27.8 Å². The van der Waals surface area contributed by atoms with Gasteiger partial charge in [0.15, 0.2) is 5.96 Å². The molecule has 0 radical (unpaired) electrons. The molecule has 2 atom stereocenters. The molecular formula is C17H28N4O. The summed E-state index contributed by atoms with van der Waals surface area (Å²) in [6.45, 7) is 7.29. The maximum absolute atomic E-state index is 6.24. The first-order valence-corrected chi connectivity index (χ1v) is 8.56. The fraction of sp³-hybridized carbons (Fsp3) is 0.706. The second-order valence-corrected chi connectivity index (χ2v) is 6.67. The number of nitrogens with two attached hydrogens (primary N) is 1. The summed E-state index contributed by atoms with van der Waals surface area (Å²) in [5.74, 6) is 2.41. The van der Waals surface area contributed by atoms with E-state index in [9.17, 15) is 0 Å². The predicted molar refractivity (Wildman–Crippen MR) is 88.7 cm³/mol. The molecule has 2 fully saturated rings. The highest BCUT2D eigenvalue weighted by Crippen LogP contribution is 2.26. The van der Waals surface area contributed by atoms with Crippen molar-refractivity contribution in [3.8, 4) is 0 Å². The summed E-state index contributed by atoms with van der Waals surface area (Å²) < 4.78 is 5.64. The minimum Gasteiger partial charge on any atom is -0.468 e. The summed E-state index contributed by atoms with van der Waals surface area (Å²) >= 11 is 0. The Morgan fingerprint density at radius 2 is 2.18 bits per heavy atom. The number of furan rings is 1. The summed E-state index contributed by atoms with van der Waals surface area (Å²) in [4.78, 5) is 9.40. The normalized spacial score (nSPS) is 25.6. The zero-order valence-corrected chi connectivity index (χ0v) is 13.6. The molecule has 3 rings (SSSR count). The van der Waals surface area contributed by atoms with Gasteiger partial charge in [-0.3, -0.25) is 9.89 Å². The van der Waals surface area contributed by atoms with Gasteiger partial charge in [0.25, 0.3) is 0 Å². The molecule has 2 saturated heterocycles. The quantitative estimate of drug-likeness (QED) is 0.686. The van der Waals surface area contributed by atoms with Crippen molar-refractivity contribution in [1.29, 1.82) is 0 Å². The van der Waals surface area contributed by atoms with Crippen LogP contribution in [-0.2, 0) is 0 Å². The van der Waals surface area contributed by atoms with Gasteiger partial charge >= 0.3 is 0 Å². The lowest BCUT2D eigenvalue weighted by atomic mass is 10.0. The van der Waals surface area contributed by atoms with E-state index in [0.717, 1.165) is 31.9 Å². The lowest BCUT2D eigenvalue weighted by Gasteiger charge is -2.32. The van der Waals surface area contributed by atoms with Gasteiger partial charge in [-0.25, -0.2) is 0 Å². The SMILES string of the molecule is CC1CCCN(C(N)=NCC(c2ccco2)N2CCCC2)C1. The third-order valence-electron chi connectivity index (χ3n) is 4.86. The van der Waals surface area contributed by atoms with Crippen LogP contribution in [0, 0.1) is 5.92 Å². The Hall–Kier alpha value is -1.49. The summed E-state index contributed by atoms with van der Waals surface area (Å²) in [6.07, 6.45) is 6.79. The van der Waals surface area contributed by atoms with Gasteiger partial charge in [-0.05, 0) is 56.8 Å². The molecule has 1 aromatic rings. The highest BCUT2D eigenvalue weighted by molar-refractivity contribution is 5.78. The first-order valence-electron chi connectivity index (χ1n) is 8.56. The van der Waals surface area contributed by atoms with E-state index in [2.05, 4.69) is 22.8 Å². The van der Waals surface area contributed by atoms with Crippen molar-refractivity contribution in [1.82, 2.24) is 9.80 Å². The summed E-state index contributed by atoms with van der Waals surface area (Å²) in [7, 11) is 0. The van der Waals surface area contributed by atoms with E-state index in [4.69, 9.17) is 15.1 Å². The van der Waals surface area contributed by atoms with Crippen LogP contribution in [-0.4, -0.2) is 48.5 Å². The largest absolute Gasteiger partial charge is 0.468 e. The molecule has 0 amide bonds. The van der Waals surface area contributed by atoms with Crippen LogP contribution in [0.3, 0.4) is 0 Å². The Kier molecular flexibility index (Phi) is 5.03. The molecule has 0 aliphatic carbocycles. The average Bonchev–Trinajstić information content (AvgIpc) is 3.21. The fourth-order valence-electron chi connectivity index (χ4n) is 3.60. The minimum atomic E-state index is 0.221. The molecule has 0 bridgehead atoms. The highest BCUT2D eigenvalue weighted by Gasteiger charge is 2.26. The summed E-state index contributed by atoms with van der Waals surface area (Å²) in [5.41, 5.74) is 6.24. The molecule has 2 N–H and O–H groups in total. The molecule has 3 heterocycles. The van der Waals surface area contributed by atoms with Crippen LogP contribution in [0.25, 0.3) is 0 Å². The molecule has 22 heavy (non-hydrogen) atoms. The van der Waals surface area contributed by atoms with Crippen LogP contribution in [0.5, 0.6) is 0 Å². The topological polar surface area (TPSA) is 58.0 Å². The zero-order valence-electron chi connectivity index (χ0n) is 13.6. The molecule has 5 heteroatoms. The molecule has 122 valence electrons. The molecule has 2 aliphatic rings. The van der Waals surface area contributed by atoms with Crippen molar-refractivity contribution >= 4 is 5.96 Å². The molecule has 0 spiro atoms. The number of rotatable bonds is 4. The van der Waals surface area contributed by atoms with Gasteiger partial charge in [0.1, 0.15) is 5.76 Å². The van der Waals surface area contributed by atoms with E-state index < -0.39 is 0 Å². The van der Waals surface area contributed by atoms with Crippen molar-refractivity contribution in [2.45, 2.75) is 38.6 Å². The first-order chi connectivity index (χ1) is 10.7. The van der Waals surface area contributed by atoms with Crippen LogP contribution in [0.4, 0.5) is 0 Å². The Labute approximate surface area is 133 Å². The van der Waals surface area contributed by atoms with Crippen LogP contribution < -0.4 is 5.73 Å². The minimum absolute atomic E-state index is 0.221. The molecular weight excluding hydrogens is 276 g/mol. The van der Waals surface area contributed by atoms with Crippen LogP contribution in [0.2, 0.25) is 0 Å². The van der Waals surface area contributed by atoms with E-state index >= 15 is 0 Å². The van der Waals surface area contributed by atoms with Crippen molar-refractivity contribution in [2.24, 2.45) is 16.6 Å². The Morgan fingerprint density at radius 3 is 2.86 bits per heavy atom. The van der Waals surface area contributed by atoms with Crippen LogP contribution in [0.1, 0.15) is 44.4 Å². The molecule has 0 saturated carbocycles. The zero-order chi connectivity index (χ0) is 15.4. The Bertz CT molecular complexity index is 479. The summed E-state index contributed by atoms with van der Waals surface area (Å²) in [5, 5.41) is 0. The third kappa shape index (κ3) is 3.64. The molecule has 2 unspecified atom stereocenters. The van der Waals surface area contributed by atoms with E-state index in [1.54, 1.807) is 6.26 Å². The maximum Gasteiger partial charge on any atom is 0.191 e. The van der Waals surface area contributed by atoms with Crippen molar-refractivity contribution in [2.75, 3.05) is 32.7 Å². The second-order valence-electron chi connectivity index (χ2n) is 6.67. The lowest BCUT2D eigenvalue weighted by molar-refractivity contribution is 0.219. The number of nitrogens with zero attached hydrogens (tertiary/aromatic N) is 3. The monoisotopic (exact) mass is 304 g/mol. The molecule has 0 aromatic carbocycles. The van der Waals surface area contributed by atoms with Crippen molar-refractivity contribution in [3.63, 3.8) is 0 Å². The van der Waals surface area contributed by atoms with E-state index in [1.165, 1.54) is 25.7 Å². The van der Waals surface area contributed by atoms with Gasteiger partial charge in [0.2, 0.25) is 0 Å². The van der Waals surface area contributed by atoms with Gasteiger partial charge in [0.05, 0.1) is 18.8 Å². The standard InChI is InChI=1S/C17H28N4O/c1-14-6-4-10-21(13-14)17(18)19-12-15(16-7-5-11-22-16)20-8-2-3-9-20/h5,7,11,14-15H,2-4,6,8-10,12-13H2,1H3,(H2,18,19). The number of guanidine groups is 1. The number of hydrogen-bond donors (Lipinski definition) is 1. The van der Waals surface area contributed by atoms with Crippen molar-refractivity contribution in [3.05, 3.63) is 24.2 Å². The highest BCUT2D eigenvalue weighted by atomic mass is 16.3. The van der Waals surface area contributed by atoms with Crippen LogP contribution >= 0.6 is 0 Å². The summed E-state index contributed by atoms with van der Waals surface area (Å²) in [6, 6.07) is 4.23. The van der Waals surface area contributed by atoms with E-state index in [0.29, 0.717) is 18.4 Å². The van der Waals surface area contributed by atoms with Gasteiger partial charge in [0, 0.05) is 13.1 Å². The van der Waals surface area contributed by atoms with Gasteiger partial charge in [-0.15, -0.1) is 0 Å². The number of piperidine rings is 1. The number of likely N-dealkylation sites (tertiary alicyclic amines) is 2. The predicted octanol–water partition coefficient (Wildman–Crippen LogP) is 2.46. The Morgan fingerprint density at radius 1 is 1.36 bits per heavy atom. The third-order valence-corrected chi connectivity index (χ3v) is 4.86. The maximum atomic E-state index is 6.24. The van der Waals surface area contributed by atoms with E-state index in [-0.39, 0.29) is 6.04 Å². The molecule has 1 aromatic heterocycles. The lowest BCUT2D eigenvalue weighted by Crippen LogP contribution is -2.44. The average molecular weight is 304 g/mol. The first kappa shape index (κ1) is 15.4. The van der Waals surface area contributed by atoms with Gasteiger partial charge in [-0.2, -0.15) is 0 Å². The Balaban J connectivity index is 1.66. The van der Waals surface area contributed by atoms with Gasteiger partial charge < -0.3 is 15.1 Å². The number of hydrogen-bond acceptors (Lipinski definition) is 3. The molecule has 2 aliphatic heterocycles. The number of aliphatic imine (C=N–C) groups is 1. The molecule has 5 nitrogen and oxygen atoms in total. The second kappa shape index (κ2) is 7.18. The fourth-order valence-corrected chi connectivity index (χ4v) is 3.60. The van der Waals surface area contributed by atoms with Crippen molar-refractivity contribution < 1.29 is 4.42 Å².